The summed E-state index contributed by atoms with van der Waals surface area (Å²) in [4.78, 5) is 12.2. The number of ether oxygens (including phenoxy) is 1. The van der Waals surface area contributed by atoms with Crippen molar-refractivity contribution in [2.24, 2.45) is 11.8 Å². The van der Waals surface area contributed by atoms with Crippen LogP contribution in [0.4, 0.5) is 0 Å². The highest BCUT2D eigenvalue weighted by atomic mass is 32.2. The molecule has 124 valence electrons. The molecule has 0 heterocycles. The number of benzene rings is 1. The Morgan fingerprint density at radius 2 is 1.82 bits per heavy atom. The van der Waals surface area contributed by atoms with Gasteiger partial charge in [-0.05, 0) is 5.56 Å². The van der Waals surface area contributed by atoms with E-state index in [-0.39, 0.29) is 21.7 Å². The molecule has 0 saturated heterocycles. The Hall–Kier alpha value is -0.840. The van der Waals surface area contributed by atoms with Crippen LogP contribution in [0.1, 0.15) is 40.2 Å². The fourth-order valence-corrected chi connectivity index (χ4v) is 2.99. The predicted octanol–water partition coefficient (Wildman–Crippen LogP) is 3.89. The summed E-state index contributed by atoms with van der Waals surface area (Å²) in [6, 6.07) is 9.93. The van der Waals surface area contributed by atoms with Crippen molar-refractivity contribution in [3.05, 3.63) is 35.9 Å². The average Bonchev–Trinajstić information content (AvgIpc) is 2.44. The van der Waals surface area contributed by atoms with E-state index in [1.165, 1.54) is 11.8 Å². The molecule has 0 spiro atoms. The van der Waals surface area contributed by atoms with E-state index in [0.717, 1.165) is 5.56 Å². The molecule has 1 aromatic rings. The molecule has 0 bridgehead atoms. The Labute approximate surface area is 138 Å². The zero-order valence-electron chi connectivity index (χ0n) is 14.2. The summed E-state index contributed by atoms with van der Waals surface area (Å²) in [7, 11) is 0. The summed E-state index contributed by atoms with van der Waals surface area (Å²) in [5.41, 5.74) is 1.11. The Kier molecular flexibility index (Phi) is 7.60. The lowest BCUT2D eigenvalue weighted by atomic mass is 9.95. The number of rotatable bonds is 7. The summed E-state index contributed by atoms with van der Waals surface area (Å²) in [5, 5.41) is 10.4. The third kappa shape index (κ3) is 6.95. The molecule has 0 aliphatic heterocycles. The minimum Gasteiger partial charge on any atom is -0.392 e. The van der Waals surface area contributed by atoms with Gasteiger partial charge in [0.25, 0.3) is 0 Å². The molecular formula is C18H28O3S. The molecule has 0 fully saturated rings. The van der Waals surface area contributed by atoms with Crippen LogP contribution in [-0.2, 0) is 16.1 Å². The first-order chi connectivity index (χ1) is 10.2. The Bertz CT molecular complexity index is 453. The van der Waals surface area contributed by atoms with Gasteiger partial charge in [-0.15, -0.1) is 0 Å². The molecule has 0 saturated carbocycles. The minimum atomic E-state index is -0.682. The fraction of sp³-hybridized carbons (Fsp3) is 0.611. The van der Waals surface area contributed by atoms with E-state index in [4.69, 9.17) is 4.74 Å². The van der Waals surface area contributed by atoms with Crippen LogP contribution in [0.25, 0.3) is 0 Å². The molecule has 0 radical (unpaired) electrons. The van der Waals surface area contributed by atoms with Crippen molar-refractivity contribution in [1.29, 1.82) is 0 Å². The van der Waals surface area contributed by atoms with Crippen LogP contribution < -0.4 is 0 Å². The van der Waals surface area contributed by atoms with E-state index >= 15 is 0 Å². The topological polar surface area (TPSA) is 46.5 Å². The normalized spacial score (nSPS) is 16.1. The van der Waals surface area contributed by atoms with E-state index in [9.17, 15) is 9.90 Å². The van der Waals surface area contributed by atoms with Crippen molar-refractivity contribution in [3.63, 3.8) is 0 Å². The van der Waals surface area contributed by atoms with Crippen molar-refractivity contribution in [1.82, 2.24) is 0 Å². The maximum Gasteiger partial charge on any atom is 0.194 e. The molecule has 0 unspecified atom stereocenters. The van der Waals surface area contributed by atoms with E-state index in [2.05, 4.69) is 0 Å². The standard InChI is InChI=1S/C18H28O3S/c1-13(11-21-12-15-9-7-6-8-10-15)16(19)14(2)17(20)22-18(3,4)5/h6-10,13-14,16,19H,11-12H2,1-5H3/t13-,14+,16-/m1/s1. The van der Waals surface area contributed by atoms with Crippen molar-refractivity contribution >= 4 is 16.9 Å². The number of aliphatic hydroxyl groups excluding tert-OH is 1. The van der Waals surface area contributed by atoms with Crippen LogP contribution in [0.5, 0.6) is 0 Å². The van der Waals surface area contributed by atoms with Gasteiger partial charge in [0.05, 0.1) is 25.2 Å². The highest BCUT2D eigenvalue weighted by Crippen LogP contribution is 2.29. The average molecular weight is 324 g/mol. The van der Waals surface area contributed by atoms with Gasteiger partial charge in [0.15, 0.2) is 5.12 Å². The summed E-state index contributed by atoms with van der Waals surface area (Å²) in [5.74, 6) is -0.470. The van der Waals surface area contributed by atoms with Crippen LogP contribution in [0.2, 0.25) is 0 Å². The van der Waals surface area contributed by atoms with Crippen molar-refractivity contribution in [2.45, 2.75) is 52.1 Å². The molecule has 3 atom stereocenters. The Balaban J connectivity index is 2.40. The lowest BCUT2D eigenvalue weighted by molar-refractivity contribution is -0.118. The lowest BCUT2D eigenvalue weighted by Gasteiger charge is -2.26. The summed E-state index contributed by atoms with van der Waals surface area (Å²) < 4.78 is 5.53. The number of hydrogen-bond acceptors (Lipinski definition) is 4. The molecule has 1 aromatic carbocycles. The zero-order chi connectivity index (χ0) is 16.8. The molecule has 3 nitrogen and oxygen atoms in total. The van der Waals surface area contributed by atoms with Gasteiger partial charge in [-0.3, -0.25) is 4.79 Å². The molecule has 1 N–H and O–H groups in total. The van der Waals surface area contributed by atoms with Gasteiger partial charge < -0.3 is 9.84 Å². The fourth-order valence-electron chi connectivity index (χ4n) is 2.06. The smallest absolute Gasteiger partial charge is 0.194 e. The monoisotopic (exact) mass is 324 g/mol. The second kappa shape index (κ2) is 8.70. The highest BCUT2D eigenvalue weighted by Gasteiger charge is 2.30. The van der Waals surface area contributed by atoms with Crippen molar-refractivity contribution < 1.29 is 14.6 Å². The molecule has 4 heteroatoms. The largest absolute Gasteiger partial charge is 0.392 e. The number of aliphatic hydroxyl groups is 1. The summed E-state index contributed by atoms with van der Waals surface area (Å²) >= 11 is 1.29. The third-order valence-electron chi connectivity index (χ3n) is 3.37. The molecule has 0 aliphatic rings. The number of thioether (sulfide) groups is 1. The molecule has 0 aromatic heterocycles. The van der Waals surface area contributed by atoms with E-state index in [1.54, 1.807) is 6.92 Å². The first-order valence-corrected chi connectivity index (χ1v) is 8.55. The second-order valence-corrected chi connectivity index (χ2v) is 8.62. The van der Waals surface area contributed by atoms with Crippen molar-refractivity contribution in [3.8, 4) is 0 Å². The predicted molar refractivity (Wildman–Crippen MR) is 92.8 cm³/mol. The van der Waals surface area contributed by atoms with Gasteiger partial charge in [-0.2, -0.15) is 0 Å². The quantitative estimate of drug-likeness (QED) is 0.826. The highest BCUT2D eigenvalue weighted by molar-refractivity contribution is 8.14. The second-order valence-electron chi connectivity index (χ2n) is 6.79. The minimum absolute atomic E-state index is 0.0370. The van der Waals surface area contributed by atoms with E-state index in [1.807, 2.05) is 58.0 Å². The summed E-state index contributed by atoms with van der Waals surface area (Å²) in [6.45, 7) is 10.7. The zero-order valence-corrected chi connectivity index (χ0v) is 15.0. The van der Waals surface area contributed by atoms with Crippen LogP contribution in [0.15, 0.2) is 30.3 Å². The first-order valence-electron chi connectivity index (χ1n) is 7.73. The SMILES string of the molecule is C[C@H](COCc1ccccc1)[C@@H](O)[C@H](C)C(=O)SC(C)(C)C. The maximum atomic E-state index is 12.2. The van der Waals surface area contributed by atoms with E-state index < -0.39 is 6.10 Å². The van der Waals surface area contributed by atoms with Gasteiger partial charge >= 0.3 is 0 Å². The van der Waals surface area contributed by atoms with Gasteiger partial charge in [0.1, 0.15) is 0 Å². The number of hydrogen-bond donors (Lipinski definition) is 1. The summed E-state index contributed by atoms with van der Waals surface area (Å²) in [6.07, 6.45) is -0.682. The maximum absolute atomic E-state index is 12.2. The molecule has 22 heavy (non-hydrogen) atoms. The van der Waals surface area contributed by atoms with Gasteiger partial charge in [-0.1, -0.05) is 76.7 Å². The van der Waals surface area contributed by atoms with Gasteiger partial charge in [0, 0.05) is 10.7 Å². The lowest BCUT2D eigenvalue weighted by Crippen LogP contribution is -2.33. The molecule has 1 rings (SSSR count). The Morgan fingerprint density at radius 1 is 1.23 bits per heavy atom. The van der Waals surface area contributed by atoms with Crippen LogP contribution >= 0.6 is 11.8 Å². The Morgan fingerprint density at radius 3 is 2.36 bits per heavy atom. The van der Waals surface area contributed by atoms with E-state index in [0.29, 0.717) is 13.2 Å². The number of carbonyl (C=O) groups excluding carboxylic acids is 1. The van der Waals surface area contributed by atoms with Crippen LogP contribution in [-0.4, -0.2) is 27.7 Å². The van der Waals surface area contributed by atoms with Crippen molar-refractivity contribution in [2.75, 3.05) is 6.61 Å². The first kappa shape index (κ1) is 19.2. The van der Waals surface area contributed by atoms with Gasteiger partial charge in [0.2, 0.25) is 0 Å². The molecule has 0 amide bonds. The van der Waals surface area contributed by atoms with Gasteiger partial charge in [-0.25, -0.2) is 0 Å². The van der Waals surface area contributed by atoms with Crippen LogP contribution in [0, 0.1) is 11.8 Å². The third-order valence-corrected chi connectivity index (χ3v) is 4.55. The van der Waals surface area contributed by atoms with Crippen LogP contribution in [0.3, 0.4) is 0 Å². The molecule has 0 aliphatic carbocycles. The number of carbonyl (C=O) groups is 1. The molecular weight excluding hydrogens is 296 g/mol.